The van der Waals surface area contributed by atoms with Gasteiger partial charge >= 0.3 is 0 Å². The van der Waals surface area contributed by atoms with E-state index in [1.54, 1.807) is 18.4 Å². The largest absolute Gasteiger partial charge is 0.359 e. The van der Waals surface area contributed by atoms with Gasteiger partial charge in [0, 0.05) is 30.6 Å². The highest BCUT2D eigenvalue weighted by atomic mass is 32.1. The maximum absolute atomic E-state index is 11.8. The second-order valence-electron chi connectivity index (χ2n) is 4.95. The molecule has 0 saturated carbocycles. The molecule has 108 valence electrons. The summed E-state index contributed by atoms with van der Waals surface area (Å²) >= 11 is 1.72. The number of nitrogens with one attached hydrogen (secondary N) is 1. The van der Waals surface area contributed by atoms with Gasteiger partial charge in [0.25, 0.3) is 0 Å². The van der Waals surface area contributed by atoms with Crippen LogP contribution in [0.2, 0.25) is 0 Å². The van der Waals surface area contributed by atoms with Gasteiger partial charge in [-0.2, -0.15) is 0 Å². The molecule has 0 bridgehead atoms. The summed E-state index contributed by atoms with van der Waals surface area (Å²) in [5.74, 6) is 6.30. The van der Waals surface area contributed by atoms with Gasteiger partial charge in [-0.25, -0.2) is 0 Å². The van der Waals surface area contributed by atoms with E-state index in [2.05, 4.69) is 27.4 Å². The molecular weight excluding hydrogens is 270 g/mol. The fourth-order valence-corrected chi connectivity index (χ4v) is 3.41. The number of likely N-dealkylation sites (tertiary alicyclic amines) is 1. The molecule has 4 nitrogen and oxygen atoms in total. The SMILES string of the molecule is CNC(=O)C1CCCN(Cc2sccc2C#CCN)C1. The number of thiophene rings is 1. The predicted molar refractivity (Wildman–Crippen MR) is 82.3 cm³/mol. The van der Waals surface area contributed by atoms with Crippen LogP contribution in [0.3, 0.4) is 0 Å². The first kappa shape index (κ1) is 15.0. The van der Waals surface area contributed by atoms with E-state index in [0.29, 0.717) is 6.54 Å². The fourth-order valence-electron chi connectivity index (χ4n) is 2.54. The lowest BCUT2D eigenvalue weighted by atomic mass is 9.97. The van der Waals surface area contributed by atoms with Crippen LogP contribution < -0.4 is 11.1 Å². The minimum Gasteiger partial charge on any atom is -0.359 e. The molecule has 1 aromatic rings. The van der Waals surface area contributed by atoms with Crippen molar-refractivity contribution >= 4 is 17.2 Å². The molecule has 1 fully saturated rings. The van der Waals surface area contributed by atoms with Gasteiger partial charge < -0.3 is 11.1 Å². The highest BCUT2D eigenvalue weighted by Crippen LogP contribution is 2.23. The van der Waals surface area contributed by atoms with Crippen molar-refractivity contribution in [3.63, 3.8) is 0 Å². The predicted octanol–water partition coefficient (Wildman–Crippen LogP) is 1.02. The Hall–Kier alpha value is -1.35. The summed E-state index contributed by atoms with van der Waals surface area (Å²) in [4.78, 5) is 15.4. The number of rotatable bonds is 3. The zero-order valence-corrected chi connectivity index (χ0v) is 12.6. The van der Waals surface area contributed by atoms with Crippen LogP contribution in [0.5, 0.6) is 0 Å². The first-order valence-corrected chi connectivity index (χ1v) is 7.81. The lowest BCUT2D eigenvalue weighted by Gasteiger charge is -2.31. The molecule has 0 spiro atoms. The summed E-state index contributed by atoms with van der Waals surface area (Å²) in [7, 11) is 1.71. The monoisotopic (exact) mass is 291 g/mol. The quantitative estimate of drug-likeness (QED) is 0.817. The molecule has 20 heavy (non-hydrogen) atoms. The number of nitrogens with zero attached hydrogens (tertiary/aromatic N) is 1. The molecule has 1 saturated heterocycles. The normalized spacial score (nSPS) is 19.2. The van der Waals surface area contributed by atoms with Crippen LogP contribution in [0, 0.1) is 17.8 Å². The Morgan fingerprint density at radius 3 is 3.25 bits per heavy atom. The third-order valence-electron chi connectivity index (χ3n) is 3.56. The summed E-state index contributed by atoms with van der Waals surface area (Å²) in [6.45, 7) is 3.15. The average Bonchev–Trinajstić information content (AvgIpc) is 2.91. The van der Waals surface area contributed by atoms with Crippen molar-refractivity contribution in [2.24, 2.45) is 11.7 Å². The Labute approximate surface area is 124 Å². The maximum atomic E-state index is 11.8. The first-order valence-electron chi connectivity index (χ1n) is 6.94. The maximum Gasteiger partial charge on any atom is 0.224 e. The number of hydrogen-bond acceptors (Lipinski definition) is 4. The van der Waals surface area contributed by atoms with E-state index in [9.17, 15) is 4.79 Å². The summed E-state index contributed by atoms with van der Waals surface area (Å²) in [6.07, 6.45) is 2.06. The van der Waals surface area contributed by atoms with Gasteiger partial charge in [0.2, 0.25) is 5.91 Å². The Bertz CT molecular complexity index is 515. The van der Waals surface area contributed by atoms with Gasteiger partial charge in [0.15, 0.2) is 0 Å². The summed E-state index contributed by atoms with van der Waals surface area (Å²) < 4.78 is 0. The van der Waals surface area contributed by atoms with Crippen molar-refractivity contribution in [2.45, 2.75) is 19.4 Å². The van der Waals surface area contributed by atoms with E-state index in [1.807, 2.05) is 6.07 Å². The second-order valence-corrected chi connectivity index (χ2v) is 5.95. The minimum atomic E-state index is 0.118. The topological polar surface area (TPSA) is 58.4 Å². The van der Waals surface area contributed by atoms with Crippen LogP contribution in [-0.4, -0.2) is 37.5 Å². The summed E-state index contributed by atoms with van der Waals surface area (Å²) in [6, 6.07) is 2.04. The van der Waals surface area contributed by atoms with Crippen molar-refractivity contribution in [2.75, 3.05) is 26.7 Å². The Balaban J connectivity index is 1.99. The Morgan fingerprint density at radius 2 is 2.50 bits per heavy atom. The number of nitrogens with two attached hydrogens (primary N) is 1. The van der Waals surface area contributed by atoms with Crippen molar-refractivity contribution in [1.29, 1.82) is 0 Å². The Morgan fingerprint density at radius 1 is 1.65 bits per heavy atom. The third-order valence-corrected chi connectivity index (χ3v) is 4.47. The van der Waals surface area contributed by atoms with E-state index < -0.39 is 0 Å². The molecule has 1 aliphatic rings. The van der Waals surface area contributed by atoms with Crippen LogP contribution in [-0.2, 0) is 11.3 Å². The van der Waals surface area contributed by atoms with Crippen molar-refractivity contribution in [3.8, 4) is 11.8 Å². The van der Waals surface area contributed by atoms with Crippen molar-refractivity contribution in [1.82, 2.24) is 10.2 Å². The van der Waals surface area contributed by atoms with Crippen LogP contribution in [0.4, 0.5) is 0 Å². The van der Waals surface area contributed by atoms with Crippen molar-refractivity contribution < 1.29 is 4.79 Å². The molecule has 0 radical (unpaired) electrons. The number of piperidine rings is 1. The van der Waals surface area contributed by atoms with E-state index in [-0.39, 0.29) is 11.8 Å². The number of carbonyl (C=O) groups excluding carboxylic acids is 1. The number of hydrogen-bond donors (Lipinski definition) is 2. The van der Waals surface area contributed by atoms with Crippen LogP contribution in [0.1, 0.15) is 23.3 Å². The molecule has 2 heterocycles. The minimum absolute atomic E-state index is 0.118. The number of amides is 1. The molecule has 1 aromatic heterocycles. The summed E-state index contributed by atoms with van der Waals surface area (Å²) in [5, 5.41) is 4.82. The van der Waals surface area contributed by atoms with Gasteiger partial charge in [0.1, 0.15) is 0 Å². The van der Waals surface area contributed by atoms with Gasteiger partial charge in [-0.15, -0.1) is 11.3 Å². The van der Waals surface area contributed by atoms with Crippen LogP contribution in [0.25, 0.3) is 0 Å². The highest BCUT2D eigenvalue weighted by molar-refractivity contribution is 7.10. The second kappa shape index (κ2) is 7.44. The van der Waals surface area contributed by atoms with Crippen LogP contribution >= 0.6 is 11.3 Å². The van der Waals surface area contributed by atoms with Gasteiger partial charge in [-0.1, -0.05) is 11.8 Å². The highest BCUT2D eigenvalue weighted by Gasteiger charge is 2.25. The number of carbonyl (C=O) groups is 1. The third kappa shape index (κ3) is 3.83. The van der Waals surface area contributed by atoms with Gasteiger partial charge in [-0.3, -0.25) is 9.69 Å². The van der Waals surface area contributed by atoms with Gasteiger partial charge in [-0.05, 0) is 30.8 Å². The van der Waals surface area contributed by atoms with E-state index in [1.165, 1.54) is 4.88 Å². The first-order chi connectivity index (χ1) is 9.74. The molecule has 5 heteroatoms. The molecule has 0 aromatic carbocycles. The molecule has 3 N–H and O–H groups in total. The zero-order valence-electron chi connectivity index (χ0n) is 11.8. The molecular formula is C15H21N3OS. The molecule has 1 atom stereocenters. The van der Waals surface area contributed by atoms with E-state index >= 15 is 0 Å². The molecule has 1 aliphatic heterocycles. The molecule has 1 unspecified atom stereocenters. The van der Waals surface area contributed by atoms with Crippen molar-refractivity contribution in [3.05, 3.63) is 21.9 Å². The Kier molecular flexibility index (Phi) is 5.60. The lowest BCUT2D eigenvalue weighted by molar-refractivity contribution is -0.126. The lowest BCUT2D eigenvalue weighted by Crippen LogP contribution is -2.41. The van der Waals surface area contributed by atoms with Crippen LogP contribution in [0.15, 0.2) is 11.4 Å². The fraction of sp³-hybridized carbons (Fsp3) is 0.533. The summed E-state index contributed by atoms with van der Waals surface area (Å²) in [5.41, 5.74) is 6.49. The van der Waals surface area contributed by atoms with E-state index in [4.69, 9.17) is 5.73 Å². The zero-order chi connectivity index (χ0) is 14.4. The molecule has 1 amide bonds. The average molecular weight is 291 g/mol. The molecule has 2 rings (SSSR count). The van der Waals surface area contributed by atoms with Gasteiger partial charge in [0.05, 0.1) is 12.5 Å². The standard InChI is InChI=1S/C15H21N3OS/c1-17-15(19)13-5-3-8-18(10-13)11-14-12(4-2-7-16)6-9-20-14/h6,9,13H,3,5,7-8,10-11,16H2,1H3,(H,17,19). The van der Waals surface area contributed by atoms with E-state index in [0.717, 1.165) is 38.0 Å². The smallest absolute Gasteiger partial charge is 0.224 e. The molecule has 0 aliphatic carbocycles.